The highest BCUT2D eigenvalue weighted by molar-refractivity contribution is 7.19. The Morgan fingerprint density at radius 2 is 1.96 bits per heavy atom. The molecular formula is C19H22N4O2S. The number of rotatable bonds is 4. The number of hydrogen-bond acceptors (Lipinski definition) is 5. The maximum Gasteiger partial charge on any atom is 0.275 e. The molecule has 2 heterocycles. The molecule has 3 atom stereocenters. The normalized spacial score (nSPS) is 24.1. The number of primary amides is 1. The minimum atomic E-state index is -0.505. The van der Waals surface area contributed by atoms with Crippen molar-refractivity contribution in [3.8, 4) is 10.4 Å². The first-order valence-corrected chi connectivity index (χ1v) is 9.64. The smallest absolute Gasteiger partial charge is 0.275 e. The number of benzene rings is 1. The van der Waals surface area contributed by atoms with Crippen molar-refractivity contribution in [2.24, 2.45) is 11.7 Å². The summed E-state index contributed by atoms with van der Waals surface area (Å²) in [5.41, 5.74) is 7.01. The maximum atomic E-state index is 13.4. The summed E-state index contributed by atoms with van der Waals surface area (Å²) in [7, 11) is 3.82. The van der Waals surface area contributed by atoms with Crippen LogP contribution in [0.15, 0.2) is 30.3 Å². The largest absolute Gasteiger partial charge is 0.368 e. The molecule has 0 radical (unpaired) electrons. The SMILES string of the molecule is CN(C)c1nc(C(=O)N2[C@@H]3CC[C@@H](C3)[C@H]2C(N)=O)c(-c2ccccc2)s1. The highest BCUT2D eigenvalue weighted by Crippen LogP contribution is 2.44. The highest BCUT2D eigenvalue weighted by Gasteiger charge is 2.51. The summed E-state index contributed by atoms with van der Waals surface area (Å²) in [6.45, 7) is 0. The molecule has 1 aliphatic heterocycles. The summed E-state index contributed by atoms with van der Waals surface area (Å²) >= 11 is 1.49. The van der Waals surface area contributed by atoms with Gasteiger partial charge < -0.3 is 15.5 Å². The van der Waals surface area contributed by atoms with E-state index in [0.29, 0.717) is 5.69 Å². The highest BCUT2D eigenvalue weighted by atomic mass is 32.1. The number of thiazole rings is 1. The molecule has 1 saturated carbocycles. The van der Waals surface area contributed by atoms with Gasteiger partial charge in [0.1, 0.15) is 11.7 Å². The standard InChI is InChI=1S/C19H22N4O2S/c1-22(2)19-21-14(16(26-19)11-6-4-3-5-7-11)18(25)23-13-9-8-12(10-13)15(23)17(20)24/h3-7,12-13,15H,8-10H2,1-2H3,(H2,20,24)/t12-,13+,15-/m0/s1. The predicted molar refractivity (Wildman–Crippen MR) is 102 cm³/mol. The lowest BCUT2D eigenvalue weighted by Crippen LogP contribution is -2.51. The van der Waals surface area contributed by atoms with Gasteiger partial charge in [-0.25, -0.2) is 4.98 Å². The van der Waals surface area contributed by atoms with Gasteiger partial charge in [0.25, 0.3) is 5.91 Å². The summed E-state index contributed by atoms with van der Waals surface area (Å²) < 4.78 is 0. The van der Waals surface area contributed by atoms with Crippen LogP contribution < -0.4 is 10.6 Å². The van der Waals surface area contributed by atoms with Crippen molar-refractivity contribution in [3.63, 3.8) is 0 Å². The number of hydrogen-bond donors (Lipinski definition) is 1. The van der Waals surface area contributed by atoms with Crippen molar-refractivity contribution >= 4 is 28.3 Å². The number of nitrogens with two attached hydrogens (primary N) is 1. The van der Waals surface area contributed by atoms with Crippen LogP contribution in [0.2, 0.25) is 0 Å². The fourth-order valence-electron chi connectivity index (χ4n) is 4.20. The number of likely N-dealkylation sites (tertiary alicyclic amines) is 1. The molecule has 2 bridgehead atoms. The Morgan fingerprint density at radius 1 is 1.23 bits per heavy atom. The van der Waals surface area contributed by atoms with Crippen molar-refractivity contribution in [3.05, 3.63) is 36.0 Å². The molecule has 6 nitrogen and oxygen atoms in total. The van der Waals surface area contributed by atoms with Gasteiger partial charge in [0, 0.05) is 20.1 Å². The van der Waals surface area contributed by atoms with E-state index in [9.17, 15) is 9.59 Å². The van der Waals surface area contributed by atoms with Gasteiger partial charge >= 0.3 is 0 Å². The van der Waals surface area contributed by atoms with E-state index in [2.05, 4.69) is 4.98 Å². The molecule has 26 heavy (non-hydrogen) atoms. The lowest BCUT2D eigenvalue weighted by Gasteiger charge is -2.33. The summed E-state index contributed by atoms with van der Waals surface area (Å²) in [6, 6.07) is 9.39. The van der Waals surface area contributed by atoms with Crippen molar-refractivity contribution in [2.45, 2.75) is 31.3 Å². The monoisotopic (exact) mass is 370 g/mol. The van der Waals surface area contributed by atoms with E-state index in [-0.39, 0.29) is 17.9 Å². The van der Waals surface area contributed by atoms with E-state index in [0.717, 1.165) is 34.8 Å². The van der Waals surface area contributed by atoms with Crippen LogP contribution in [-0.2, 0) is 4.79 Å². The number of piperidine rings is 1. The van der Waals surface area contributed by atoms with Crippen LogP contribution in [0.25, 0.3) is 10.4 Å². The molecule has 2 N–H and O–H groups in total. The van der Waals surface area contributed by atoms with Crippen LogP contribution >= 0.6 is 11.3 Å². The van der Waals surface area contributed by atoms with Crippen molar-refractivity contribution in [1.29, 1.82) is 0 Å². The molecule has 2 fully saturated rings. The minimum Gasteiger partial charge on any atom is -0.368 e. The molecule has 1 aromatic heterocycles. The van der Waals surface area contributed by atoms with Gasteiger partial charge in [-0.3, -0.25) is 9.59 Å². The van der Waals surface area contributed by atoms with Crippen LogP contribution in [0.4, 0.5) is 5.13 Å². The van der Waals surface area contributed by atoms with Gasteiger partial charge in [-0.1, -0.05) is 41.7 Å². The van der Waals surface area contributed by atoms with Gasteiger partial charge in [0.05, 0.1) is 4.88 Å². The topological polar surface area (TPSA) is 79.5 Å². The number of fused-ring (bicyclic) bond motifs is 2. The van der Waals surface area contributed by atoms with E-state index in [1.807, 2.05) is 49.3 Å². The molecule has 1 aliphatic carbocycles. The second kappa shape index (κ2) is 6.39. The van der Waals surface area contributed by atoms with Crippen LogP contribution in [0, 0.1) is 5.92 Å². The Balaban J connectivity index is 1.77. The van der Waals surface area contributed by atoms with Gasteiger partial charge in [0.15, 0.2) is 5.13 Å². The number of carbonyl (C=O) groups is 2. The van der Waals surface area contributed by atoms with Crippen LogP contribution in [0.1, 0.15) is 29.8 Å². The molecule has 4 rings (SSSR count). The molecule has 2 aliphatic rings. The summed E-state index contributed by atoms with van der Waals surface area (Å²) in [5.74, 6) is -0.396. The molecule has 2 amide bonds. The quantitative estimate of drug-likeness (QED) is 0.896. The number of aromatic nitrogens is 1. The third-order valence-corrected chi connectivity index (χ3v) is 6.62. The third kappa shape index (κ3) is 2.67. The van der Waals surface area contributed by atoms with Gasteiger partial charge in [-0.15, -0.1) is 0 Å². The zero-order chi connectivity index (χ0) is 18.4. The Bertz CT molecular complexity index is 848. The first-order valence-electron chi connectivity index (χ1n) is 8.83. The molecule has 0 unspecified atom stereocenters. The van der Waals surface area contributed by atoms with Crippen molar-refractivity contribution in [1.82, 2.24) is 9.88 Å². The first kappa shape index (κ1) is 17.0. The van der Waals surface area contributed by atoms with Crippen LogP contribution in [0.5, 0.6) is 0 Å². The number of carbonyl (C=O) groups excluding carboxylic acids is 2. The lowest BCUT2D eigenvalue weighted by atomic mass is 9.97. The zero-order valence-electron chi connectivity index (χ0n) is 14.9. The number of anilines is 1. The zero-order valence-corrected chi connectivity index (χ0v) is 15.7. The predicted octanol–water partition coefficient (Wildman–Crippen LogP) is 2.35. The Morgan fingerprint density at radius 3 is 2.62 bits per heavy atom. The van der Waals surface area contributed by atoms with Crippen LogP contribution in [0.3, 0.4) is 0 Å². The number of amides is 2. The fourth-order valence-corrected chi connectivity index (χ4v) is 5.19. The Kier molecular flexibility index (Phi) is 4.19. The van der Waals surface area contributed by atoms with Crippen molar-refractivity contribution < 1.29 is 9.59 Å². The molecular weight excluding hydrogens is 348 g/mol. The molecule has 7 heteroatoms. The summed E-state index contributed by atoms with van der Waals surface area (Å²) in [4.78, 5) is 34.5. The van der Waals surface area contributed by atoms with E-state index in [1.165, 1.54) is 11.3 Å². The van der Waals surface area contributed by atoms with Crippen molar-refractivity contribution in [2.75, 3.05) is 19.0 Å². The molecule has 0 spiro atoms. The second-order valence-corrected chi connectivity index (χ2v) is 8.20. The molecule has 1 saturated heterocycles. The molecule has 2 aromatic rings. The van der Waals surface area contributed by atoms with E-state index in [1.54, 1.807) is 4.90 Å². The van der Waals surface area contributed by atoms with E-state index < -0.39 is 11.9 Å². The number of nitrogens with zero attached hydrogens (tertiary/aromatic N) is 3. The fraction of sp³-hybridized carbons (Fsp3) is 0.421. The van der Waals surface area contributed by atoms with Gasteiger partial charge in [-0.2, -0.15) is 0 Å². The molecule has 1 aromatic carbocycles. The Labute approximate surface area is 156 Å². The van der Waals surface area contributed by atoms with E-state index >= 15 is 0 Å². The van der Waals surface area contributed by atoms with Gasteiger partial charge in [0.2, 0.25) is 5.91 Å². The minimum absolute atomic E-state index is 0.0955. The lowest BCUT2D eigenvalue weighted by molar-refractivity contribution is -0.123. The maximum absolute atomic E-state index is 13.4. The third-order valence-electron chi connectivity index (χ3n) is 5.35. The Hall–Kier alpha value is -2.41. The second-order valence-electron chi connectivity index (χ2n) is 7.22. The first-order chi connectivity index (χ1) is 12.5. The van der Waals surface area contributed by atoms with Crippen LogP contribution in [-0.4, -0.2) is 47.9 Å². The average molecular weight is 370 g/mol. The average Bonchev–Trinajstić information content (AvgIpc) is 3.35. The van der Waals surface area contributed by atoms with Gasteiger partial charge in [-0.05, 0) is 30.7 Å². The summed E-state index contributed by atoms with van der Waals surface area (Å²) in [5, 5.41) is 0.771. The van der Waals surface area contributed by atoms with E-state index in [4.69, 9.17) is 5.73 Å². The summed E-state index contributed by atoms with van der Waals surface area (Å²) in [6.07, 6.45) is 2.77. The molecule has 136 valence electrons.